The lowest BCUT2D eigenvalue weighted by atomic mass is 9.62. The number of aliphatic hydroxyl groups excluding tert-OH is 2. The average molecular weight is 626 g/mol. The lowest BCUT2D eigenvalue weighted by Crippen LogP contribution is -2.49. The maximum atomic E-state index is 15.8. The van der Waals surface area contributed by atoms with Gasteiger partial charge in [0.25, 0.3) is 0 Å². The summed E-state index contributed by atoms with van der Waals surface area (Å²) in [6.45, 7) is 7.50. The molecular weight excluding hydrogens is 589 g/mol. The molecule has 2 aromatic carbocycles. The van der Waals surface area contributed by atoms with Crippen molar-refractivity contribution in [2.45, 2.75) is 69.2 Å². The third-order valence-electron chi connectivity index (χ3n) is 8.58. The second-order valence-corrected chi connectivity index (χ2v) is 13.6. The number of rotatable bonds is 7. The molecule has 3 aliphatic rings. The lowest BCUT2D eigenvalue weighted by Gasteiger charge is -2.37. The van der Waals surface area contributed by atoms with Crippen LogP contribution in [-0.2, 0) is 15.0 Å². The SMILES string of the molecule is CC(C)(C)C[C@H]1N[C@@H](C(=O)NCCCN2C[C@@H](O)[C@@H](O)C2)[C@H](c2cccc(Cl)c2F)[C@@]12C(=O)Nc1cc(Cl)c(F)cc12. The minimum absolute atomic E-state index is 0.0740. The first-order chi connectivity index (χ1) is 19.7. The molecule has 3 aliphatic heterocycles. The van der Waals surface area contributed by atoms with E-state index in [4.69, 9.17) is 23.2 Å². The fourth-order valence-electron chi connectivity index (χ4n) is 6.82. The van der Waals surface area contributed by atoms with Crippen molar-refractivity contribution in [3.05, 3.63) is 63.1 Å². The number of benzene rings is 2. The van der Waals surface area contributed by atoms with E-state index in [9.17, 15) is 19.8 Å². The summed E-state index contributed by atoms with van der Waals surface area (Å²) >= 11 is 12.3. The van der Waals surface area contributed by atoms with Gasteiger partial charge in [-0.1, -0.05) is 56.1 Å². The molecule has 2 fully saturated rings. The zero-order valence-electron chi connectivity index (χ0n) is 23.7. The van der Waals surface area contributed by atoms with Gasteiger partial charge in [0.15, 0.2) is 0 Å². The Hall–Kier alpha value is -2.34. The van der Waals surface area contributed by atoms with Crippen LogP contribution in [0.1, 0.15) is 50.7 Å². The fraction of sp³-hybridized carbons (Fsp3) is 0.533. The number of hydrogen-bond acceptors (Lipinski definition) is 6. The van der Waals surface area contributed by atoms with Crippen molar-refractivity contribution in [2.75, 3.05) is 31.5 Å². The van der Waals surface area contributed by atoms with Crippen LogP contribution in [0.25, 0.3) is 0 Å². The predicted octanol–water partition coefficient (Wildman–Crippen LogP) is 3.57. The number of likely N-dealkylation sites (tertiary alicyclic amines) is 1. The standard InChI is InChI=1S/C30H36Cl2F2N4O4/c1-29(2,3)12-23-30(16-10-19(33)18(32)11-20(16)36-28(30)42)24(15-6-4-7-17(31)25(15)34)26(37-23)27(41)35-8-5-9-38-13-21(39)22(40)14-38/h4,6-7,10-11,21-24,26,37,39-40H,5,8-9,12-14H2,1-3H3,(H,35,41)(H,36,42)/t21-,22+,23-,24+,26-,30+/m1/s1. The minimum atomic E-state index is -1.55. The third-order valence-corrected chi connectivity index (χ3v) is 9.17. The summed E-state index contributed by atoms with van der Waals surface area (Å²) in [5, 5.41) is 28.4. The van der Waals surface area contributed by atoms with E-state index in [2.05, 4.69) is 16.0 Å². The van der Waals surface area contributed by atoms with Gasteiger partial charge in [-0.3, -0.25) is 14.5 Å². The van der Waals surface area contributed by atoms with E-state index in [1.165, 1.54) is 24.3 Å². The molecule has 0 aromatic heterocycles. The molecule has 228 valence electrons. The lowest BCUT2D eigenvalue weighted by molar-refractivity contribution is -0.123. The van der Waals surface area contributed by atoms with Crippen molar-refractivity contribution in [1.82, 2.24) is 15.5 Å². The Kier molecular flexibility index (Phi) is 8.61. The minimum Gasteiger partial charge on any atom is -0.389 e. The highest BCUT2D eigenvalue weighted by Gasteiger charge is 2.66. The number of nitrogens with one attached hydrogen (secondary N) is 3. The quantitative estimate of drug-likeness (QED) is 0.301. The van der Waals surface area contributed by atoms with Crippen LogP contribution in [-0.4, -0.2) is 77.4 Å². The number of aliphatic hydroxyl groups is 2. The van der Waals surface area contributed by atoms with Crippen LogP contribution in [0, 0.1) is 17.0 Å². The molecule has 42 heavy (non-hydrogen) atoms. The molecule has 6 atom stereocenters. The number of hydrogen-bond donors (Lipinski definition) is 5. The normalized spacial score (nSPS) is 29.3. The summed E-state index contributed by atoms with van der Waals surface area (Å²) in [5.74, 6) is -3.47. The molecule has 1 spiro atoms. The van der Waals surface area contributed by atoms with Gasteiger partial charge < -0.3 is 26.2 Å². The van der Waals surface area contributed by atoms with Crippen LogP contribution in [0.2, 0.25) is 10.0 Å². The van der Waals surface area contributed by atoms with Gasteiger partial charge in [0.05, 0.1) is 28.3 Å². The predicted molar refractivity (Wildman–Crippen MR) is 157 cm³/mol. The molecule has 0 radical (unpaired) electrons. The molecule has 2 amide bonds. The highest BCUT2D eigenvalue weighted by molar-refractivity contribution is 6.31. The van der Waals surface area contributed by atoms with Gasteiger partial charge in [-0.05, 0) is 47.6 Å². The first-order valence-electron chi connectivity index (χ1n) is 14.1. The van der Waals surface area contributed by atoms with E-state index >= 15 is 8.78 Å². The Morgan fingerprint density at radius 1 is 1.14 bits per heavy atom. The van der Waals surface area contributed by atoms with Crippen molar-refractivity contribution >= 4 is 40.7 Å². The summed E-state index contributed by atoms with van der Waals surface area (Å²) in [6.07, 6.45) is -0.650. The summed E-state index contributed by atoms with van der Waals surface area (Å²) in [7, 11) is 0. The molecule has 8 nitrogen and oxygen atoms in total. The van der Waals surface area contributed by atoms with Crippen LogP contribution in [0.15, 0.2) is 30.3 Å². The van der Waals surface area contributed by atoms with Crippen molar-refractivity contribution in [3.8, 4) is 0 Å². The van der Waals surface area contributed by atoms with E-state index in [1.807, 2.05) is 25.7 Å². The van der Waals surface area contributed by atoms with Gasteiger partial charge in [-0.25, -0.2) is 8.78 Å². The second-order valence-electron chi connectivity index (χ2n) is 12.8. The molecule has 2 saturated heterocycles. The third kappa shape index (κ3) is 5.53. The Bertz CT molecular complexity index is 1380. The van der Waals surface area contributed by atoms with Crippen molar-refractivity contribution in [3.63, 3.8) is 0 Å². The largest absolute Gasteiger partial charge is 0.389 e. The van der Waals surface area contributed by atoms with Gasteiger partial charge >= 0.3 is 0 Å². The topological polar surface area (TPSA) is 114 Å². The maximum Gasteiger partial charge on any atom is 0.237 e. The Morgan fingerprint density at radius 3 is 2.50 bits per heavy atom. The molecule has 3 heterocycles. The Balaban J connectivity index is 1.54. The van der Waals surface area contributed by atoms with Gasteiger partial charge in [-0.15, -0.1) is 0 Å². The second kappa shape index (κ2) is 11.6. The zero-order valence-corrected chi connectivity index (χ0v) is 25.2. The van der Waals surface area contributed by atoms with Crippen molar-refractivity contribution in [2.24, 2.45) is 5.41 Å². The van der Waals surface area contributed by atoms with E-state index < -0.39 is 59.1 Å². The van der Waals surface area contributed by atoms with E-state index in [0.29, 0.717) is 43.7 Å². The first kappa shape index (κ1) is 31.1. The van der Waals surface area contributed by atoms with Gasteiger partial charge in [0.2, 0.25) is 11.8 Å². The molecule has 5 rings (SSSR count). The van der Waals surface area contributed by atoms with Crippen LogP contribution in [0.4, 0.5) is 14.5 Å². The van der Waals surface area contributed by atoms with E-state index in [0.717, 1.165) is 0 Å². The van der Waals surface area contributed by atoms with Crippen LogP contribution in [0.5, 0.6) is 0 Å². The number of carbonyl (C=O) groups is 2. The zero-order chi connectivity index (χ0) is 30.6. The fourth-order valence-corrected chi connectivity index (χ4v) is 7.16. The molecule has 0 unspecified atom stereocenters. The summed E-state index contributed by atoms with van der Waals surface area (Å²) < 4.78 is 30.8. The number of carbonyl (C=O) groups excluding carboxylic acids is 2. The van der Waals surface area contributed by atoms with Gasteiger partial charge in [0.1, 0.15) is 17.0 Å². The van der Waals surface area contributed by atoms with Crippen molar-refractivity contribution < 1.29 is 28.6 Å². The maximum absolute atomic E-state index is 15.8. The highest BCUT2D eigenvalue weighted by atomic mass is 35.5. The van der Waals surface area contributed by atoms with Crippen LogP contribution < -0.4 is 16.0 Å². The van der Waals surface area contributed by atoms with Crippen LogP contribution in [0.3, 0.4) is 0 Å². The summed E-state index contributed by atoms with van der Waals surface area (Å²) in [6, 6.07) is 5.29. The van der Waals surface area contributed by atoms with Crippen LogP contribution >= 0.6 is 23.2 Å². The number of halogens is 4. The molecule has 0 saturated carbocycles. The molecular formula is C30H36Cl2F2N4O4. The number of nitrogens with zero attached hydrogens (tertiary/aromatic N) is 1. The number of β-amino-alcohol motifs (C(OH)–C–C–N with tert-alkyl or cyclic N) is 2. The number of anilines is 1. The highest BCUT2D eigenvalue weighted by Crippen LogP contribution is 2.57. The summed E-state index contributed by atoms with van der Waals surface area (Å²) in [5.41, 5.74) is -1.18. The number of fused-ring (bicyclic) bond motifs is 2. The molecule has 5 N–H and O–H groups in total. The average Bonchev–Trinajstić information content (AvgIpc) is 3.50. The first-order valence-corrected chi connectivity index (χ1v) is 14.9. The Morgan fingerprint density at radius 2 is 1.83 bits per heavy atom. The van der Waals surface area contributed by atoms with Gasteiger partial charge in [-0.2, -0.15) is 0 Å². The number of amides is 2. The van der Waals surface area contributed by atoms with Gasteiger partial charge in [0, 0.05) is 43.8 Å². The molecule has 12 heteroatoms. The Labute approximate surface area is 253 Å². The van der Waals surface area contributed by atoms with E-state index in [-0.39, 0.29) is 27.6 Å². The van der Waals surface area contributed by atoms with Crippen molar-refractivity contribution in [1.29, 1.82) is 0 Å². The smallest absolute Gasteiger partial charge is 0.237 e. The molecule has 0 bridgehead atoms. The monoisotopic (exact) mass is 624 g/mol. The molecule has 2 aromatic rings. The van der Waals surface area contributed by atoms with E-state index in [1.54, 1.807) is 6.07 Å². The molecule has 0 aliphatic carbocycles. The summed E-state index contributed by atoms with van der Waals surface area (Å²) in [4.78, 5) is 29.9.